The summed E-state index contributed by atoms with van der Waals surface area (Å²) in [6.07, 6.45) is 7.34. The van der Waals surface area contributed by atoms with Crippen LogP contribution in [0, 0.1) is 0 Å². The van der Waals surface area contributed by atoms with E-state index in [1.165, 1.54) is 25.7 Å². The van der Waals surface area contributed by atoms with Crippen molar-refractivity contribution in [2.45, 2.75) is 55.7 Å². The molecule has 0 bridgehead atoms. The van der Waals surface area contributed by atoms with Gasteiger partial charge in [-0.3, -0.25) is 0 Å². The SMILES string of the molecule is CCCc1nc(N)cc(SC2CCCC2)n1. The molecular weight excluding hydrogens is 218 g/mol. The number of aryl methyl sites for hydroxylation is 1. The highest BCUT2D eigenvalue weighted by atomic mass is 32.2. The summed E-state index contributed by atoms with van der Waals surface area (Å²) in [6.45, 7) is 2.14. The molecule has 1 saturated carbocycles. The molecule has 0 unspecified atom stereocenters. The minimum atomic E-state index is 0.610. The van der Waals surface area contributed by atoms with Gasteiger partial charge in [-0.05, 0) is 19.3 Å². The van der Waals surface area contributed by atoms with E-state index in [1.54, 1.807) is 0 Å². The van der Waals surface area contributed by atoms with E-state index in [1.807, 2.05) is 17.8 Å². The van der Waals surface area contributed by atoms with E-state index >= 15 is 0 Å². The van der Waals surface area contributed by atoms with Gasteiger partial charge in [0, 0.05) is 17.7 Å². The maximum atomic E-state index is 5.80. The van der Waals surface area contributed by atoms with Crippen LogP contribution in [-0.2, 0) is 6.42 Å². The Hall–Kier alpha value is -0.770. The average molecular weight is 237 g/mol. The minimum Gasteiger partial charge on any atom is -0.384 e. The fourth-order valence-electron chi connectivity index (χ4n) is 2.07. The number of aromatic nitrogens is 2. The Kier molecular flexibility index (Phi) is 4.04. The summed E-state index contributed by atoms with van der Waals surface area (Å²) >= 11 is 1.87. The molecule has 3 nitrogen and oxygen atoms in total. The molecule has 0 amide bonds. The highest BCUT2D eigenvalue weighted by Crippen LogP contribution is 2.34. The molecule has 0 aromatic carbocycles. The van der Waals surface area contributed by atoms with Gasteiger partial charge in [-0.25, -0.2) is 9.97 Å². The maximum absolute atomic E-state index is 5.80. The van der Waals surface area contributed by atoms with Crippen molar-refractivity contribution >= 4 is 17.6 Å². The van der Waals surface area contributed by atoms with Crippen molar-refractivity contribution in [2.24, 2.45) is 0 Å². The van der Waals surface area contributed by atoms with Gasteiger partial charge in [-0.2, -0.15) is 0 Å². The summed E-state index contributed by atoms with van der Waals surface area (Å²) in [4.78, 5) is 8.81. The van der Waals surface area contributed by atoms with Gasteiger partial charge >= 0.3 is 0 Å². The Morgan fingerprint density at radius 1 is 1.38 bits per heavy atom. The van der Waals surface area contributed by atoms with Crippen molar-refractivity contribution in [3.8, 4) is 0 Å². The lowest BCUT2D eigenvalue weighted by molar-refractivity contribution is 0.810. The molecule has 1 fully saturated rings. The van der Waals surface area contributed by atoms with Gasteiger partial charge in [-0.1, -0.05) is 19.8 Å². The zero-order chi connectivity index (χ0) is 11.4. The first-order valence-corrected chi connectivity index (χ1v) is 6.96. The van der Waals surface area contributed by atoms with E-state index in [0.29, 0.717) is 5.82 Å². The van der Waals surface area contributed by atoms with Crippen molar-refractivity contribution < 1.29 is 0 Å². The Labute approximate surface area is 101 Å². The lowest BCUT2D eigenvalue weighted by atomic mass is 10.3. The predicted molar refractivity (Wildman–Crippen MR) is 68.6 cm³/mol. The Morgan fingerprint density at radius 2 is 2.12 bits per heavy atom. The number of nitrogen functional groups attached to an aromatic ring is 1. The second-order valence-electron chi connectivity index (χ2n) is 4.32. The van der Waals surface area contributed by atoms with Crippen molar-refractivity contribution in [1.29, 1.82) is 0 Å². The summed E-state index contributed by atoms with van der Waals surface area (Å²) < 4.78 is 0. The zero-order valence-electron chi connectivity index (χ0n) is 9.78. The molecule has 88 valence electrons. The number of rotatable bonds is 4. The van der Waals surface area contributed by atoms with Crippen LogP contribution in [0.4, 0.5) is 5.82 Å². The molecule has 0 spiro atoms. The predicted octanol–water partition coefficient (Wildman–Crippen LogP) is 3.05. The van der Waals surface area contributed by atoms with E-state index in [0.717, 1.165) is 28.9 Å². The summed E-state index contributed by atoms with van der Waals surface area (Å²) in [5, 5.41) is 1.80. The molecule has 2 N–H and O–H groups in total. The minimum absolute atomic E-state index is 0.610. The van der Waals surface area contributed by atoms with Crippen molar-refractivity contribution in [1.82, 2.24) is 9.97 Å². The number of thioether (sulfide) groups is 1. The first kappa shape index (κ1) is 11.7. The molecule has 0 aliphatic heterocycles. The highest BCUT2D eigenvalue weighted by molar-refractivity contribution is 7.99. The van der Waals surface area contributed by atoms with Gasteiger partial charge in [-0.15, -0.1) is 11.8 Å². The van der Waals surface area contributed by atoms with Crippen LogP contribution in [-0.4, -0.2) is 15.2 Å². The van der Waals surface area contributed by atoms with Gasteiger partial charge in [0.2, 0.25) is 0 Å². The quantitative estimate of drug-likeness (QED) is 0.818. The zero-order valence-corrected chi connectivity index (χ0v) is 10.6. The highest BCUT2D eigenvalue weighted by Gasteiger charge is 2.17. The van der Waals surface area contributed by atoms with Crippen LogP contribution in [0.2, 0.25) is 0 Å². The van der Waals surface area contributed by atoms with Gasteiger partial charge in [0.1, 0.15) is 16.7 Å². The van der Waals surface area contributed by atoms with E-state index in [4.69, 9.17) is 5.73 Å². The van der Waals surface area contributed by atoms with Crippen LogP contribution < -0.4 is 5.73 Å². The third-order valence-electron chi connectivity index (χ3n) is 2.83. The summed E-state index contributed by atoms with van der Waals surface area (Å²) in [6, 6.07) is 1.90. The molecule has 2 rings (SSSR count). The summed E-state index contributed by atoms with van der Waals surface area (Å²) in [5.74, 6) is 1.50. The number of hydrogen-bond donors (Lipinski definition) is 1. The van der Waals surface area contributed by atoms with E-state index in [2.05, 4.69) is 16.9 Å². The first-order chi connectivity index (χ1) is 7.78. The van der Waals surface area contributed by atoms with Crippen LogP contribution in [0.15, 0.2) is 11.1 Å². The molecule has 1 aliphatic carbocycles. The standard InChI is InChI=1S/C12H19N3S/c1-2-5-11-14-10(13)8-12(15-11)16-9-6-3-4-7-9/h8-9H,2-7H2,1H3,(H2,13,14,15). The van der Waals surface area contributed by atoms with Gasteiger partial charge < -0.3 is 5.73 Å². The van der Waals surface area contributed by atoms with Crippen molar-refractivity contribution in [3.05, 3.63) is 11.9 Å². The number of nitrogens with zero attached hydrogens (tertiary/aromatic N) is 2. The van der Waals surface area contributed by atoms with Gasteiger partial charge in [0.15, 0.2) is 0 Å². The molecule has 4 heteroatoms. The lowest BCUT2D eigenvalue weighted by Gasteiger charge is -2.09. The van der Waals surface area contributed by atoms with E-state index < -0.39 is 0 Å². The van der Waals surface area contributed by atoms with Crippen LogP contribution in [0.5, 0.6) is 0 Å². The fraction of sp³-hybridized carbons (Fsp3) is 0.667. The Morgan fingerprint density at radius 3 is 2.81 bits per heavy atom. The molecule has 1 aromatic rings. The maximum Gasteiger partial charge on any atom is 0.132 e. The van der Waals surface area contributed by atoms with Crippen molar-refractivity contribution in [3.63, 3.8) is 0 Å². The average Bonchev–Trinajstić information content (AvgIpc) is 2.70. The lowest BCUT2D eigenvalue weighted by Crippen LogP contribution is -2.02. The van der Waals surface area contributed by atoms with E-state index in [-0.39, 0.29) is 0 Å². The van der Waals surface area contributed by atoms with Gasteiger partial charge in [0.05, 0.1) is 0 Å². The Balaban J connectivity index is 2.06. The normalized spacial score (nSPS) is 16.8. The van der Waals surface area contributed by atoms with Crippen molar-refractivity contribution in [2.75, 3.05) is 5.73 Å². The molecule has 0 saturated heterocycles. The van der Waals surface area contributed by atoms with Gasteiger partial charge in [0.25, 0.3) is 0 Å². The van der Waals surface area contributed by atoms with Crippen LogP contribution in [0.1, 0.15) is 44.9 Å². The molecule has 16 heavy (non-hydrogen) atoms. The molecule has 0 radical (unpaired) electrons. The van der Waals surface area contributed by atoms with Crippen LogP contribution >= 0.6 is 11.8 Å². The van der Waals surface area contributed by atoms with Crippen LogP contribution in [0.25, 0.3) is 0 Å². The molecule has 1 aliphatic rings. The monoisotopic (exact) mass is 237 g/mol. The number of nitrogens with two attached hydrogens (primary N) is 1. The first-order valence-electron chi connectivity index (χ1n) is 6.08. The second kappa shape index (κ2) is 5.53. The van der Waals surface area contributed by atoms with E-state index in [9.17, 15) is 0 Å². The molecular formula is C12H19N3S. The largest absolute Gasteiger partial charge is 0.384 e. The third-order valence-corrected chi connectivity index (χ3v) is 4.09. The molecule has 1 heterocycles. The Bertz CT molecular complexity index is 348. The van der Waals surface area contributed by atoms with Crippen LogP contribution in [0.3, 0.4) is 0 Å². The number of anilines is 1. The second-order valence-corrected chi connectivity index (χ2v) is 5.64. The summed E-state index contributed by atoms with van der Waals surface area (Å²) in [5.41, 5.74) is 5.80. The molecule has 1 aromatic heterocycles. The fourth-order valence-corrected chi connectivity index (χ4v) is 3.32. The topological polar surface area (TPSA) is 51.8 Å². The third kappa shape index (κ3) is 3.11. The smallest absolute Gasteiger partial charge is 0.132 e. The molecule has 0 atom stereocenters. The summed E-state index contributed by atoms with van der Waals surface area (Å²) in [7, 11) is 0. The number of hydrogen-bond acceptors (Lipinski definition) is 4.